The van der Waals surface area contributed by atoms with Crippen LogP contribution in [0.1, 0.15) is 32.3 Å². The predicted octanol–water partition coefficient (Wildman–Crippen LogP) is 3.61. The minimum absolute atomic E-state index is 0.470. The van der Waals surface area contributed by atoms with Crippen LogP contribution in [0.3, 0.4) is 0 Å². The van der Waals surface area contributed by atoms with Gasteiger partial charge in [-0.15, -0.1) is 0 Å². The third-order valence-corrected chi connectivity index (χ3v) is 5.44. The first-order valence-corrected chi connectivity index (χ1v) is 11.5. The van der Waals surface area contributed by atoms with E-state index in [1.807, 2.05) is 68.1 Å². The molecule has 8 heteroatoms. The van der Waals surface area contributed by atoms with E-state index in [0.29, 0.717) is 17.1 Å². The summed E-state index contributed by atoms with van der Waals surface area (Å²) in [5.74, 6) is 2.54. The standard InChI is InChI=1S/C26H31N7O/c1-5-7-8-18-15-29-26(28-6-2)32-24(18)25(27)31-19-9-12-23(17(3)13-19)34-20-10-11-22-21(14-20)30-16-33(22)4/h8-16,31H,5-7,27H2,1-4H3,(H,28,32)/b18-8+,25-24-. The molecule has 0 amide bonds. The Bertz CT molecular complexity index is 1430. The molecule has 0 radical (unpaired) electrons. The smallest absolute Gasteiger partial charge is 0.223 e. The zero-order valence-electron chi connectivity index (χ0n) is 20.1. The first-order valence-electron chi connectivity index (χ1n) is 11.5. The maximum atomic E-state index is 6.46. The average molecular weight is 458 g/mol. The lowest BCUT2D eigenvalue weighted by molar-refractivity contribution is 0.479. The molecule has 4 rings (SSSR count). The molecule has 2 aromatic carbocycles. The molecule has 34 heavy (non-hydrogen) atoms. The van der Waals surface area contributed by atoms with E-state index in [9.17, 15) is 0 Å². The lowest BCUT2D eigenvalue weighted by Gasteiger charge is -2.12. The summed E-state index contributed by atoms with van der Waals surface area (Å²) >= 11 is 0. The highest BCUT2D eigenvalue weighted by Gasteiger charge is 2.07. The van der Waals surface area contributed by atoms with Crippen molar-refractivity contribution in [1.29, 1.82) is 0 Å². The molecule has 0 saturated heterocycles. The second kappa shape index (κ2) is 10.2. The molecule has 0 atom stereocenters. The highest BCUT2D eigenvalue weighted by atomic mass is 16.5. The average Bonchev–Trinajstić information content (AvgIpc) is 3.20. The van der Waals surface area contributed by atoms with Crippen LogP contribution in [0.15, 0.2) is 48.9 Å². The van der Waals surface area contributed by atoms with Crippen molar-refractivity contribution in [3.8, 4) is 11.5 Å². The van der Waals surface area contributed by atoms with Crippen LogP contribution in [-0.4, -0.2) is 26.1 Å². The number of benzene rings is 2. The van der Waals surface area contributed by atoms with E-state index in [-0.39, 0.29) is 0 Å². The molecule has 176 valence electrons. The Labute approximate surface area is 199 Å². The highest BCUT2D eigenvalue weighted by molar-refractivity contribution is 5.77. The number of nitrogens with two attached hydrogens (primary N) is 1. The van der Waals surface area contributed by atoms with Gasteiger partial charge in [0.25, 0.3) is 0 Å². The summed E-state index contributed by atoms with van der Waals surface area (Å²) in [5.41, 5.74) is 10.3. The normalized spacial score (nSPS) is 12.6. The van der Waals surface area contributed by atoms with Gasteiger partial charge < -0.3 is 25.7 Å². The minimum atomic E-state index is 0.470. The number of hydrogen-bond donors (Lipinski definition) is 3. The predicted molar refractivity (Wildman–Crippen MR) is 138 cm³/mol. The monoisotopic (exact) mass is 457 g/mol. The Balaban J connectivity index is 1.60. The van der Waals surface area contributed by atoms with Gasteiger partial charge in [-0.2, -0.15) is 0 Å². The van der Waals surface area contributed by atoms with Crippen LogP contribution in [0.25, 0.3) is 22.9 Å². The van der Waals surface area contributed by atoms with Gasteiger partial charge >= 0.3 is 0 Å². The van der Waals surface area contributed by atoms with Gasteiger partial charge in [0.1, 0.15) is 22.7 Å². The number of nitrogens with zero attached hydrogens (tertiary/aromatic N) is 4. The molecule has 0 aliphatic rings. The van der Waals surface area contributed by atoms with Crippen LogP contribution >= 0.6 is 0 Å². The fraction of sp³-hybridized carbons (Fsp3) is 0.269. The van der Waals surface area contributed by atoms with E-state index in [2.05, 4.69) is 38.6 Å². The summed E-state index contributed by atoms with van der Waals surface area (Å²) in [6.07, 6.45) is 7.69. The van der Waals surface area contributed by atoms with Gasteiger partial charge in [0, 0.05) is 36.8 Å². The van der Waals surface area contributed by atoms with Crippen molar-refractivity contribution in [3.05, 3.63) is 65.1 Å². The summed E-state index contributed by atoms with van der Waals surface area (Å²) < 4.78 is 8.11. The van der Waals surface area contributed by atoms with Crippen molar-refractivity contribution in [2.75, 3.05) is 17.2 Å². The number of hydrogen-bond acceptors (Lipinski definition) is 7. The van der Waals surface area contributed by atoms with Crippen molar-refractivity contribution in [1.82, 2.24) is 19.5 Å². The second-order valence-electron chi connectivity index (χ2n) is 8.15. The molecule has 0 bridgehead atoms. The number of fused-ring (bicyclic) bond motifs is 1. The molecule has 4 aromatic rings. The SMILES string of the molecule is CCC/C=c1\cnc(NCC)n\c1=C(\N)Nc1ccc(Oc2ccc3c(c2)ncn3C)c(C)c1. The number of aromatic nitrogens is 4. The number of unbranched alkanes of at least 4 members (excludes halogenated alkanes) is 1. The number of anilines is 2. The van der Waals surface area contributed by atoms with Crippen LogP contribution in [0, 0.1) is 6.92 Å². The molecule has 0 aliphatic heterocycles. The van der Waals surface area contributed by atoms with Gasteiger partial charge in [-0.25, -0.2) is 15.0 Å². The maximum absolute atomic E-state index is 6.46. The van der Waals surface area contributed by atoms with Crippen molar-refractivity contribution < 1.29 is 4.74 Å². The van der Waals surface area contributed by atoms with Gasteiger partial charge in [0.15, 0.2) is 0 Å². The molecule has 0 unspecified atom stereocenters. The van der Waals surface area contributed by atoms with E-state index in [0.717, 1.165) is 58.4 Å². The molecule has 0 spiro atoms. The van der Waals surface area contributed by atoms with Crippen molar-refractivity contribution >= 4 is 34.6 Å². The lowest BCUT2D eigenvalue weighted by Crippen LogP contribution is -2.37. The summed E-state index contributed by atoms with van der Waals surface area (Å²) in [5, 5.41) is 8.03. The highest BCUT2D eigenvalue weighted by Crippen LogP contribution is 2.29. The third-order valence-electron chi connectivity index (χ3n) is 5.44. The molecule has 0 aliphatic carbocycles. The number of imidazole rings is 1. The van der Waals surface area contributed by atoms with Crippen LogP contribution in [0.2, 0.25) is 0 Å². The van der Waals surface area contributed by atoms with Crippen LogP contribution in [0.5, 0.6) is 11.5 Å². The quantitative estimate of drug-likeness (QED) is 0.371. The summed E-state index contributed by atoms with van der Waals surface area (Å²) in [6.45, 7) is 6.88. The van der Waals surface area contributed by atoms with Crippen molar-refractivity contribution in [3.63, 3.8) is 0 Å². The minimum Gasteiger partial charge on any atom is -0.457 e. The Kier molecular flexibility index (Phi) is 6.96. The lowest BCUT2D eigenvalue weighted by atomic mass is 10.2. The third kappa shape index (κ3) is 5.11. The molecule has 0 saturated carbocycles. The van der Waals surface area contributed by atoms with E-state index in [1.54, 1.807) is 6.33 Å². The molecular formula is C26H31N7O. The van der Waals surface area contributed by atoms with Crippen LogP contribution < -0.4 is 31.7 Å². The molecule has 8 nitrogen and oxygen atoms in total. The Hall–Kier alpha value is -4.07. The van der Waals surface area contributed by atoms with Gasteiger partial charge in [-0.3, -0.25) is 0 Å². The molecule has 0 fully saturated rings. The molecule has 4 N–H and O–H groups in total. The molecular weight excluding hydrogens is 426 g/mol. The molecule has 2 heterocycles. The van der Waals surface area contributed by atoms with E-state index < -0.39 is 0 Å². The van der Waals surface area contributed by atoms with Gasteiger partial charge in [-0.1, -0.05) is 19.4 Å². The van der Waals surface area contributed by atoms with E-state index in [4.69, 9.17) is 10.5 Å². The Morgan fingerprint density at radius 3 is 2.76 bits per heavy atom. The number of nitrogens with one attached hydrogen (secondary N) is 2. The van der Waals surface area contributed by atoms with Gasteiger partial charge in [0.05, 0.1) is 17.4 Å². The van der Waals surface area contributed by atoms with Crippen LogP contribution in [-0.2, 0) is 7.05 Å². The number of ether oxygens (including phenoxy) is 1. The second-order valence-corrected chi connectivity index (χ2v) is 8.15. The van der Waals surface area contributed by atoms with E-state index in [1.165, 1.54) is 0 Å². The Morgan fingerprint density at radius 2 is 2.00 bits per heavy atom. The van der Waals surface area contributed by atoms with Gasteiger partial charge in [-0.05, 0) is 56.2 Å². The summed E-state index contributed by atoms with van der Waals surface area (Å²) in [4.78, 5) is 13.4. The fourth-order valence-electron chi connectivity index (χ4n) is 3.66. The van der Waals surface area contributed by atoms with Crippen LogP contribution in [0.4, 0.5) is 11.6 Å². The van der Waals surface area contributed by atoms with E-state index >= 15 is 0 Å². The van der Waals surface area contributed by atoms with Gasteiger partial charge in [0.2, 0.25) is 5.95 Å². The molecule has 2 aromatic heterocycles. The largest absolute Gasteiger partial charge is 0.457 e. The summed E-state index contributed by atoms with van der Waals surface area (Å²) in [6, 6.07) is 11.8. The number of rotatable bonds is 8. The van der Waals surface area contributed by atoms with Crippen molar-refractivity contribution in [2.24, 2.45) is 12.8 Å². The first kappa shape index (κ1) is 23.1. The maximum Gasteiger partial charge on any atom is 0.223 e. The fourth-order valence-corrected chi connectivity index (χ4v) is 3.66. The first-order chi connectivity index (χ1) is 16.5. The zero-order valence-corrected chi connectivity index (χ0v) is 20.1. The topological polar surface area (TPSA) is 103 Å². The van der Waals surface area contributed by atoms with Crippen molar-refractivity contribution in [2.45, 2.75) is 33.6 Å². The summed E-state index contributed by atoms with van der Waals surface area (Å²) in [7, 11) is 1.97. The Morgan fingerprint density at radius 1 is 1.15 bits per heavy atom. The zero-order chi connectivity index (χ0) is 24.1. The number of aryl methyl sites for hydroxylation is 2.